The number of Topliss-reactive ketones (excluding diaryl/α,β-unsaturated/α-hetero) is 1. The van der Waals surface area contributed by atoms with Crippen LogP contribution in [-0.4, -0.2) is 41.1 Å². The van der Waals surface area contributed by atoms with Gasteiger partial charge >= 0.3 is 6.18 Å². The van der Waals surface area contributed by atoms with Crippen molar-refractivity contribution in [1.29, 1.82) is 0 Å². The number of carbonyl (C=O) groups is 1. The maximum Gasteiger partial charge on any atom is 0.416 e. The third-order valence-electron chi connectivity index (χ3n) is 5.93. The van der Waals surface area contributed by atoms with Gasteiger partial charge in [0.15, 0.2) is 5.78 Å². The van der Waals surface area contributed by atoms with Gasteiger partial charge in [0.25, 0.3) is 0 Å². The van der Waals surface area contributed by atoms with Crippen LogP contribution in [0.5, 0.6) is 0 Å². The largest absolute Gasteiger partial charge is 0.416 e. The molecule has 190 valence electrons. The number of nitrogens with two attached hydrogens (primary N) is 1. The number of carbonyl (C=O) groups excluding carboxylic acids is 1. The Labute approximate surface area is 205 Å². The number of nitrogen functional groups attached to an aromatic ring is 1. The van der Waals surface area contributed by atoms with E-state index in [2.05, 4.69) is 9.97 Å². The Morgan fingerprint density at radius 2 is 1.72 bits per heavy atom. The fourth-order valence-corrected chi connectivity index (χ4v) is 5.81. The maximum absolute atomic E-state index is 13.2. The SMILES string of the molecule is Nc1nc(CCC(=O)[C@@H]2CCCN2S(=O)(=O)c2ccc(F)cc2)cc(-c2ccc(C(F)(F)F)cc2)n1. The highest BCUT2D eigenvalue weighted by atomic mass is 32.2. The minimum absolute atomic E-state index is 0.0248. The molecule has 36 heavy (non-hydrogen) atoms. The van der Waals surface area contributed by atoms with Crippen LogP contribution < -0.4 is 5.73 Å². The van der Waals surface area contributed by atoms with Crippen molar-refractivity contribution in [2.24, 2.45) is 0 Å². The highest BCUT2D eigenvalue weighted by molar-refractivity contribution is 7.89. The predicted molar refractivity (Wildman–Crippen MR) is 124 cm³/mol. The predicted octanol–water partition coefficient (Wildman–Crippen LogP) is 4.24. The number of sulfonamides is 1. The van der Waals surface area contributed by atoms with Gasteiger partial charge in [0.2, 0.25) is 16.0 Å². The lowest BCUT2D eigenvalue weighted by atomic mass is 10.0. The van der Waals surface area contributed by atoms with Gasteiger partial charge in [-0.15, -0.1) is 0 Å². The Morgan fingerprint density at radius 1 is 1.06 bits per heavy atom. The van der Waals surface area contributed by atoms with Crippen molar-refractivity contribution < 1.29 is 30.8 Å². The molecule has 0 bridgehead atoms. The van der Waals surface area contributed by atoms with Crippen LogP contribution in [0, 0.1) is 5.82 Å². The second kappa shape index (κ2) is 9.94. The van der Waals surface area contributed by atoms with Gasteiger partial charge in [-0.1, -0.05) is 12.1 Å². The molecule has 0 amide bonds. The van der Waals surface area contributed by atoms with Gasteiger partial charge in [-0.05, 0) is 61.7 Å². The molecule has 1 aliphatic rings. The summed E-state index contributed by atoms with van der Waals surface area (Å²) in [5.74, 6) is -0.967. The molecule has 0 saturated carbocycles. The number of anilines is 1. The van der Waals surface area contributed by atoms with Crippen molar-refractivity contribution in [3.05, 3.63) is 71.7 Å². The number of hydrogen-bond donors (Lipinski definition) is 1. The van der Waals surface area contributed by atoms with Gasteiger partial charge in [-0.3, -0.25) is 4.79 Å². The molecule has 12 heteroatoms. The number of nitrogens with zero attached hydrogens (tertiary/aromatic N) is 3. The second-order valence-electron chi connectivity index (χ2n) is 8.37. The highest BCUT2D eigenvalue weighted by Gasteiger charge is 2.39. The number of hydrogen-bond acceptors (Lipinski definition) is 6. The third-order valence-corrected chi connectivity index (χ3v) is 7.85. The molecule has 0 unspecified atom stereocenters. The molecule has 1 fully saturated rings. The first-order valence-corrected chi connectivity index (χ1v) is 12.5. The summed E-state index contributed by atoms with van der Waals surface area (Å²) in [6.45, 7) is 0.175. The van der Waals surface area contributed by atoms with E-state index in [-0.39, 0.29) is 36.0 Å². The zero-order chi connectivity index (χ0) is 26.1. The van der Waals surface area contributed by atoms with Crippen LogP contribution >= 0.6 is 0 Å². The maximum atomic E-state index is 13.2. The van der Waals surface area contributed by atoms with E-state index in [1.54, 1.807) is 0 Å². The first-order valence-electron chi connectivity index (χ1n) is 11.1. The zero-order valence-corrected chi connectivity index (χ0v) is 19.7. The van der Waals surface area contributed by atoms with E-state index in [1.807, 2.05) is 0 Å². The molecule has 0 radical (unpaired) electrons. The number of rotatable bonds is 7. The van der Waals surface area contributed by atoms with Crippen LogP contribution in [0.1, 0.15) is 30.5 Å². The number of ketones is 1. The standard InChI is InChI=1S/C24H22F4N4O3S/c25-17-7-10-19(11-8-17)36(34,35)32-13-1-2-21(32)22(33)12-9-18-14-20(31-23(29)30-18)15-3-5-16(6-4-15)24(26,27)28/h3-8,10-11,14,21H,1-2,9,12-13H2,(H2,29,30,31)/t21-/m0/s1. The number of aromatic nitrogens is 2. The van der Waals surface area contributed by atoms with Crippen molar-refractivity contribution in [1.82, 2.24) is 14.3 Å². The Hall–Kier alpha value is -3.38. The molecule has 1 atom stereocenters. The Bertz CT molecular complexity index is 1360. The molecule has 2 aromatic carbocycles. The van der Waals surface area contributed by atoms with E-state index in [0.29, 0.717) is 29.8 Å². The van der Waals surface area contributed by atoms with Gasteiger partial charge in [-0.25, -0.2) is 22.8 Å². The van der Waals surface area contributed by atoms with Crippen molar-refractivity contribution in [3.8, 4) is 11.3 Å². The van der Waals surface area contributed by atoms with Crippen LogP contribution in [0.4, 0.5) is 23.5 Å². The molecular weight excluding hydrogens is 500 g/mol. The lowest BCUT2D eigenvalue weighted by molar-refractivity contribution is -0.137. The van der Waals surface area contributed by atoms with Crippen molar-refractivity contribution >= 4 is 21.8 Å². The summed E-state index contributed by atoms with van der Waals surface area (Å²) < 4.78 is 78.9. The topological polar surface area (TPSA) is 106 Å². The van der Waals surface area contributed by atoms with Crippen molar-refractivity contribution in [2.45, 2.75) is 42.8 Å². The summed E-state index contributed by atoms with van der Waals surface area (Å²) in [5.41, 5.74) is 6.09. The molecule has 3 aromatic rings. The summed E-state index contributed by atoms with van der Waals surface area (Å²) >= 11 is 0. The van der Waals surface area contributed by atoms with Crippen LogP contribution in [0.3, 0.4) is 0 Å². The van der Waals surface area contributed by atoms with Gasteiger partial charge in [0, 0.05) is 24.2 Å². The molecule has 2 heterocycles. The van der Waals surface area contributed by atoms with Gasteiger partial charge < -0.3 is 5.73 Å². The molecule has 1 aliphatic heterocycles. The lowest BCUT2D eigenvalue weighted by Crippen LogP contribution is -2.40. The van der Waals surface area contributed by atoms with E-state index in [0.717, 1.165) is 40.7 Å². The highest BCUT2D eigenvalue weighted by Crippen LogP contribution is 2.31. The molecule has 2 N–H and O–H groups in total. The molecular formula is C24H22F4N4O3S. The number of aryl methyl sites for hydroxylation is 1. The quantitative estimate of drug-likeness (QED) is 0.466. The summed E-state index contributed by atoms with van der Waals surface area (Å²) in [4.78, 5) is 21.1. The van der Waals surface area contributed by atoms with Crippen molar-refractivity contribution in [2.75, 3.05) is 12.3 Å². The molecule has 0 spiro atoms. The van der Waals surface area contributed by atoms with Crippen LogP contribution in [-0.2, 0) is 27.4 Å². The molecule has 4 rings (SSSR count). The Kier molecular flexibility index (Phi) is 7.10. The lowest BCUT2D eigenvalue weighted by Gasteiger charge is -2.23. The Morgan fingerprint density at radius 3 is 2.36 bits per heavy atom. The van der Waals surface area contributed by atoms with E-state index in [1.165, 1.54) is 18.2 Å². The second-order valence-corrected chi connectivity index (χ2v) is 10.3. The average Bonchev–Trinajstić information content (AvgIpc) is 3.33. The van der Waals surface area contributed by atoms with E-state index in [9.17, 15) is 30.8 Å². The fourth-order valence-electron chi connectivity index (χ4n) is 4.13. The van der Waals surface area contributed by atoms with Crippen LogP contribution in [0.25, 0.3) is 11.3 Å². The minimum atomic E-state index is -4.47. The zero-order valence-electron chi connectivity index (χ0n) is 18.9. The van der Waals surface area contributed by atoms with Gasteiger partial charge in [0.05, 0.1) is 22.2 Å². The summed E-state index contributed by atoms with van der Waals surface area (Å²) in [6.07, 6.45) is -3.48. The number of halogens is 4. The molecule has 7 nitrogen and oxygen atoms in total. The fraction of sp³-hybridized carbons (Fsp3) is 0.292. The molecule has 1 saturated heterocycles. The number of benzene rings is 2. The first-order chi connectivity index (χ1) is 16.9. The smallest absolute Gasteiger partial charge is 0.368 e. The minimum Gasteiger partial charge on any atom is -0.368 e. The van der Waals surface area contributed by atoms with E-state index in [4.69, 9.17) is 5.73 Å². The van der Waals surface area contributed by atoms with E-state index >= 15 is 0 Å². The monoisotopic (exact) mass is 522 g/mol. The number of alkyl halides is 3. The summed E-state index contributed by atoms with van der Waals surface area (Å²) in [7, 11) is -3.98. The first kappa shape index (κ1) is 25.7. The van der Waals surface area contributed by atoms with Crippen LogP contribution in [0.15, 0.2) is 59.5 Å². The van der Waals surface area contributed by atoms with Gasteiger partial charge in [-0.2, -0.15) is 17.5 Å². The summed E-state index contributed by atoms with van der Waals surface area (Å²) in [6, 6.07) is 9.53. The average molecular weight is 523 g/mol. The van der Waals surface area contributed by atoms with Crippen LogP contribution in [0.2, 0.25) is 0 Å². The normalized spacial score (nSPS) is 16.8. The van der Waals surface area contributed by atoms with Gasteiger partial charge in [0.1, 0.15) is 5.82 Å². The van der Waals surface area contributed by atoms with Crippen molar-refractivity contribution in [3.63, 3.8) is 0 Å². The molecule has 0 aliphatic carbocycles. The summed E-state index contributed by atoms with van der Waals surface area (Å²) in [5, 5.41) is 0. The van der Waals surface area contributed by atoms with E-state index < -0.39 is 33.6 Å². The third kappa shape index (κ3) is 5.54. The molecule has 1 aromatic heterocycles. The Balaban J connectivity index is 1.48.